The molecule has 0 radical (unpaired) electrons. The summed E-state index contributed by atoms with van der Waals surface area (Å²) in [4.78, 5) is 5.74. The number of benzene rings is 1. The lowest BCUT2D eigenvalue weighted by Crippen LogP contribution is -2.20. The summed E-state index contributed by atoms with van der Waals surface area (Å²) in [6.07, 6.45) is 28.7. The van der Waals surface area contributed by atoms with E-state index in [1.807, 2.05) is 0 Å². The molecular weight excluding hydrogens is 412 g/mol. The smallest absolute Gasteiger partial charge is 0.0456 e. The van der Waals surface area contributed by atoms with Gasteiger partial charge in [-0.25, -0.2) is 0 Å². The van der Waals surface area contributed by atoms with Gasteiger partial charge in [0.15, 0.2) is 0 Å². The summed E-state index contributed by atoms with van der Waals surface area (Å²) >= 11 is 0. The van der Waals surface area contributed by atoms with Crippen LogP contribution in [0.1, 0.15) is 128 Å². The number of aromatic amines is 1. The first-order valence-electron chi connectivity index (χ1n) is 14.7. The van der Waals surface area contributed by atoms with Gasteiger partial charge >= 0.3 is 0 Å². The Bertz CT molecular complexity index is 759. The largest absolute Gasteiger partial charge is 0.378 e. The van der Waals surface area contributed by atoms with Gasteiger partial charge in [-0.3, -0.25) is 0 Å². The third-order valence-corrected chi connectivity index (χ3v) is 7.50. The molecule has 1 N–H and O–H groups in total. The summed E-state index contributed by atoms with van der Waals surface area (Å²) in [5.41, 5.74) is 3.94. The molecule has 2 nitrogen and oxygen atoms in total. The number of nitrogens with zero attached hydrogens (tertiary/aromatic N) is 1. The molecule has 1 heterocycles. The van der Waals surface area contributed by atoms with Crippen molar-refractivity contribution in [2.45, 2.75) is 129 Å². The molecule has 0 fully saturated rings. The highest BCUT2D eigenvalue weighted by Gasteiger charge is 2.06. The van der Waals surface area contributed by atoms with Gasteiger partial charge in [-0.2, -0.15) is 0 Å². The van der Waals surface area contributed by atoms with E-state index < -0.39 is 0 Å². The van der Waals surface area contributed by atoms with Crippen molar-refractivity contribution >= 4 is 10.9 Å². The average Bonchev–Trinajstić information content (AvgIpc) is 3.27. The molecule has 0 saturated carbocycles. The molecule has 34 heavy (non-hydrogen) atoms. The van der Waals surface area contributed by atoms with Gasteiger partial charge < -0.3 is 9.88 Å². The average molecular weight is 467 g/mol. The molecule has 0 unspecified atom stereocenters. The van der Waals surface area contributed by atoms with Crippen LogP contribution in [0.3, 0.4) is 0 Å². The van der Waals surface area contributed by atoms with Gasteiger partial charge in [0.1, 0.15) is 0 Å². The van der Waals surface area contributed by atoms with E-state index in [4.69, 9.17) is 0 Å². The SMILES string of the molecule is C=C(CCCCCCCCCCCCCCCCCCC)N(C)CCc1c[nH]c2ccccc12. The van der Waals surface area contributed by atoms with Crippen LogP contribution in [0.25, 0.3) is 10.9 Å². The Labute approximate surface area is 211 Å². The van der Waals surface area contributed by atoms with E-state index in [0.29, 0.717) is 0 Å². The molecule has 0 aliphatic rings. The van der Waals surface area contributed by atoms with Gasteiger partial charge in [0.2, 0.25) is 0 Å². The molecule has 0 atom stereocenters. The maximum absolute atomic E-state index is 4.35. The highest BCUT2D eigenvalue weighted by atomic mass is 15.1. The number of allylic oxidation sites excluding steroid dienone is 1. The molecule has 0 bridgehead atoms. The van der Waals surface area contributed by atoms with Crippen molar-refractivity contribution in [3.05, 3.63) is 48.3 Å². The van der Waals surface area contributed by atoms with Crippen molar-refractivity contribution < 1.29 is 0 Å². The summed E-state index contributed by atoms with van der Waals surface area (Å²) in [6.45, 7) is 7.69. The maximum atomic E-state index is 4.35. The summed E-state index contributed by atoms with van der Waals surface area (Å²) in [6, 6.07) is 8.59. The molecule has 0 aliphatic heterocycles. The molecule has 0 saturated heterocycles. The zero-order valence-electron chi connectivity index (χ0n) is 22.7. The summed E-state index contributed by atoms with van der Waals surface area (Å²) in [5.74, 6) is 0. The van der Waals surface area contributed by atoms with Crippen LogP contribution in [0.2, 0.25) is 0 Å². The number of nitrogens with one attached hydrogen (secondary N) is 1. The van der Waals surface area contributed by atoms with Gasteiger partial charge in [0, 0.05) is 36.4 Å². The second kappa shape index (κ2) is 18.6. The van der Waals surface area contributed by atoms with Crippen LogP contribution in [0.15, 0.2) is 42.7 Å². The van der Waals surface area contributed by atoms with E-state index in [2.05, 4.69) is 60.9 Å². The Morgan fingerprint density at radius 2 is 1.24 bits per heavy atom. The molecule has 1 aromatic carbocycles. The molecule has 2 heteroatoms. The van der Waals surface area contributed by atoms with E-state index in [1.54, 1.807) is 0 Å². The van der Waals surface area contributed by atoms with E-state index in [9.17, 15) is 0 Å². The summed E-state index contributed by atoms with van der Waals surface area (Å²) < 4.78 is 0. The quantitative estimate of drug-likeness (QED) is 0.171. The third-order valence-electron chi connectivity index (χ3n) is 7.50. The number of likely N-dealkylation sites (N-methyl/N-ethyl adjacent to an activating group) is 1. The number of fused-ring (bicyclic) bond motifs is 1. The van der Waals surface area contributed by atoms with Crippen molar-refractivity contribution in [2.24, 2.45) is 0 Å². The Morgan fingerprint density at radius 1 is 0.735 bits per heavy atom. The van der Waals surface area contributed by atoms with Crippen molar-refractivity contribution in [1.29, 1.82) is 0 Å². The fourth-order valence-electron chi connectivity index (χ4n) is 5.03. The zero-order chi connectivity index (χ0) is 24.3. The minimum absolute atomic E-state index is 1.04. The van der Waals surface area contributed by atoms with Crippen LogP contribution in [-0.2, 0) is 6.42 Å². The number of hydrogen-bond donors (Lipinski definition) is 1. The highest BCUT2D eigenvalue weighted by Crippen LogP contribution is 2.20. The predicted molar refractivity (Wildman–Crippen MR) is 153 cm³/mol. The molecule has 2 rings (SSSR count). The fourth-order valence-corrected chi connectivity index (χ4v) is 5.03. The normalized spacial score (nSPS) is 11.4. The lowest BCUT2D eigenvalue weighted by atomic mass is 10.0. The maximum Gasteiger partial charge on any atom is 0.0456 e. The first-order chi connectivity index (χ1) is 16.7. The van der Waals surface area contributed by atoms with Crippen LogP contribution >= 0.6 is 0 Å². The Morgan fingerprint density at radius 3 is 1.79 bits per heavy atom. The van der Waals surface area contributed by atoms with Crippen molar-refractivity contribution in [3.63, 3.8) is 0 Å². The van der Waals surface area contributed by atoms with Crippen LogP contribution in [0.5, 0.6) is 0 Å². The predicted octanol–water partition coefficient (Wildman–Crippen LogP) is 10.2. The molecule has 0 spiro atoms. The van der Waals surface area contributed by atoms with Crippen LogP contribution in [0.4, 0.5) is 0 Å². The monoisotopic (exact) mass is 466 g/mol. The zero-order valence-corrected chi connectivity index (χ0v) is 22.7. The first kappa shape index (κ1) is 28.5. The lowest BCUT2D eigenvalue weighted by Gasteiger charge is -2.21. The summed E-state index contributed by atoms with van der Waals surface area (Å²) in [5, 5.41) is 1.36. The highest BCUT2D eigenvalue weighted by molar-refractivity contribution is 5.83. The number of aromatic nitrogens is 1. The summed E-state index contributed by atoms with van der Waals surface area (Å²) in [7, 11) is 2.20. The van der Waals surface area contributed by atoms with Crippen molar-refractivity contribution in [3.8, 4) is 0 Å². The van der Waals surface area contributed by atoms with Crippen molar-refractivity contribution in [2.75, 3.05) is 13.6 Å². The number of hydrogen-bond acceptors (Lipinski definition) is 1. The van der Waals surface area contributed by atoms with Crippen molar-refractivity contribution in [1.82, 2.24) is 9.88 Å². The topological polar surface area (TPSA) is 19.0 Å². The molecule has 1 aromatic heterocycles. The van der Waals surface area contributed by atoms with Crippen LogP contribution < -0.4 is 0 Å². The van der Waals surface area contributed by atoms with E-state index in [0.717, 1.165) is 19.4 Å². The van der Waals surface area contributed by atoms with E-state index in [1.165, 1.54) is 131 Å². The fraction of sp³-hybridized carbons (Fsp3) is 0.688. The number of H-pyrrole nitrogens is 1. The first-order valence-corrected chi connectivity index (χ1v) is 14.7. The Kier molecular flexibility index (Phi) is 15.6. The number of unbranched alkanes of at least 4 members (excludes halogenated alkanes) is 16. The standard InChI is InChI=1S/C32H54N2/c1-4-5-6-7-8-9-10-11-12-13-14-15-16-17-18-19-20-23-29(2)34(3)27-26-30-28-33-32-25-22-21-24-31(30)32/h21-22,24-25,28,33H,2,4-20,23,26-27H2,1,3H3. The van der Waals surface area contributed by atoms with Gasteiger partial charge in [-0.1, -0.05) is 134 Å². The van der Waals surface area contributed by atoms with Gasteiger partial charge in [-0.05, 0) is 30.9 Å². The molecule has 0 aliphatic carbocycles. The molecular formula is C32H54N2. The van der Waals surface area contributed by atoms with Gasteiger partial charge in [-0.15, -0.1) is 0 Å². The lowest BCUT2D eigenvalue weighted by molar-refractivity contribution is 0.401. The van der Waals surface area contributed by atoms with Crippen LogP contribution in [-0.4, -0.2) is 23.5 Å². The number of rotatable bonds is 22. The third kappa shape index (κ3) is 12.1. The van der Waals surface area contributed by atoms with Crippen LogP contribution in [0, 0.1) is 0 Å². The molecule has 2 aromatic rings. The Balaban J connectivity index is 1.35. The second-order valence-electron chi connectivity index (χ2n) is 10.5. The van der Waals surface area contributed by atoms with Gasteiger partial charge in [0.05, 0.1) is 0 Å². The number of para-hydroxylation sites is 1. The second-order valence-corrected chi connectivity index (χ2v) is 10.5. The molecule has 192 valence electrons. The van der Waals surface area contributed by atoms with Gasteiger partial charge in [0.25, 0.3) is 0 Å². The minimum Gasteiger partial charge on any atom is -0.378 e. The Hall–Kier alpha value is -1.70. The minimum atomic E-state index is 1.04. The van der Waals surface area contributed by atoms with E-state index in [-0.39, 0.29) is 0 Å². The van der Waals surface area contributed by atoms with E-state index >= 15 is 0 Å². The molecule has 0 amide bonds.